The van der Waals surface area contributed by atoms with Gasteiger partial charge in [0.15, 0.2) is 0 Å². The van der Waals surface area contributed by atoms with Crippen molar-refractivity contribution in [3.63, 3.8) is 0 Å². The maximum atomic E-state index is 5.68. The van der Waals surface area contributed by atoms with Crippen molar-refractivity contribution >= 4 is 34.1 Å². The summed E-state index contributed by atoms with van der Waals surface area (Å²) in [6, 6.07) is 34.5. The molecule has 0 fully saturated rings. The Hall–Kier alpha value is 0.246. The summed E-state index contributed by atoms with van der Waals surface area (Å²) in [7, 11) is 19.7. The summed E-state index contributed by atoms with van der Waals surface area (Å²) in [6.45, 7) is 18.9. The Kier molecular flexibility index (Phi) is 43.7. The van der Waals surface area contributed by atoms with E-state index >= 15 is 0 Å². The van der Waals surface area contributed by atoms with Crippen LogP contribution in [0.5, 0.6) is 0 Å². The average molecular weight is 1010 g/mol. The number of aryl methyl sites for hydroxylation is 4. The molecule has 0 amide bonds. The number of hydrogen-bond donors (Lipinski definition) is 0. The van der Waals surface area contributed by atoms with Crippen LogP contribution in [0.2, 0.25) is 0 Å². The van der Waals surface area contributed by atoms with Gasteiger partial charge in [-0.1, -0.05) is 104 Å². The molecule has 0 atom stereocenters. The molecule has 0 aliphatic heterocycles. The fourth-order valence-electron chi connectivity index (χ4n) is 5.41. The molecule has 4 aromatic rings. The molecule has 4 rings (SSSR count). The van der Waals surface area contributed by atoms with Crippen molar-refractivity contribution in [3.8, 4) is 0 Å². The fourth-order valence-corrected chi connectivity index (χ4v) is 5.41. The van der Waals surface area contributed by atoms with E-state index in [1.54, 1.807) is 0 Å². The molecule has 56 heavy (non-hydrogen) atoms. The number of rotatable bonds is 20. The number of hydrogen-bond acceptors (Lipinski definition) is 2. The van der Waals surface area contributed by atoms with Crippen LogP contribution < -0.4 is 0 Å². The third kappa shape index (κ3) is 45.3. The predicted molar refractivity (Wildman–Crippen MR) is 245 cm³/mol. The van der Waals surface area contributed by atoms with Crippen molar-refractivity contribution in [1.82, 2.24) is 0 Å². The molecule has 0 aliphatic carbocycles. The van der Waals surface area contributed by atoms with Crippen molar-refractivity contribution in [1.29, 1.82) is 0 Å². The minimum atomic E-state index is -0.826. The standard InChI is InChI=1S/2C15H25O.2C9H13.4ClH.2Zr/c2*1-15(2,3)16-13-9-5-4-6-10-14-11-7-8-12-14;2*1-2-3-6-9-7-4-5-8-9;;;;;;/h2*7-8,11-12H,4-6,9-10,13H2,1-3H3;2*4-5,7-8H,2-3,6H2,1H3;4*1H;;/q4*-1;;;;;2*+4/p-4. The van der Waals surface area contributed by atoms with E-state index in [0.29, 0.717) is 0 Å². The van der Waals surface area contributed by atoms with Crippen molar-refractivity contribution in [2.24, 2.45) is 0 Å². The monoisotopic (exact) mass is 1000 g/mol. The van der Waals surface area contributed by atoms with E-state index in [1.165, 1.54) is 125 Å². The molecule has 0 saturated carbocycles. The molecule has 4 aromatic carbocycles. The van der Waals surface area contributed by atoms with Gasteiger partial charge in [-0.25, -0.2) is 48.5 Å². The summed E-state index contributed by atoms with van der Waals surface area (Å²) in [6.07, 6.45) is 20.4. The first-order valence-corrected chi connectivity index (χ1v) is 33.5. The molecule has 0 heterocycles. The van der Waals surface area contributed by atoms with E-state index in [0.717, 1.165) is 13.2 Å². The first-order valence-electron chi connectivity index (χ1n) is 20.9. The summed E-state index contributed by atoms with van der Waals surface area (Å²) >= 11 is -1.65. The SMILES string of the molecule is CC(C)(C)OCCCCCCc1ccc[cH-]1.CC(C)(C)OCCCCCCc1ccc[cH-]1.CCCCc1ccc[cH-]1.CCCCc1ccc[cH-]1.[Cl][Zr+2][Cl].[Cl][Zr+2][Cl]. The van der Waals surface area contributed by atoms with Crippen LogP contribution in [0, 0.1) is 0 Å². The zero-order valence-electron chi connectivity index (χ0n) is 36.3. The van der Waals surface area contributed by atoms with Gasteiger partial charge in [0.25, 0.3) is 0 Å². The molecule has 0 spiro atoms. The van der Waals surface area contributed by atoms with Crippen LogP contribution in [0.1, 0.15) is 155 Å². The first kappa shape index (κ1) is 58.3. The van der Waals surface area contributed by atoms with E-state index in [4.69, 9.17) is 43.5 Å². The topological polar surface area (TPSA) is 18.5 Å². The Morgan fingerprint density at radius 3 is 0.893 bits per heavy atom. The van der Waals surface area contributed by atoms with Crippen LogP contribution in [-0.2, 0) is 76.9 Å². The van der Waals surface area contributed by atoms with E-state index < -0.39 is 41.7 Å². The fraction of sp³-hybridized carbons (Fsp3) is 0.583. The van der Waals surface area contributed by atoms with Gasteiger partial charge < -0.3 is 9.47 Å². The van der Waals surface area contributed by atoms with Crippen LogP contribution >= 0.6 is 34.1 Å². The van der Waals surface area contributed by atoms with Gasteiger partial charge in [0.05, 0.1) is 11.2 Å². The van der Waals surface area contributed by atoms with Crippen LogP contribution in [0.15, 0.2) is 97.1 Å². The quantitative estimate of drug-likeness (QED) is 0.0649. The Labute approximate surface area is 383 Å². The second kappa shape index (κ2) is 42.0. The summed E-state index contributed by atoms with van der Waals surface area (Å²) < 4.78 is 11.4. The third-order valence-electron chi connectivity index (χ3n) is 8.35. The van der Waals surface area contributed by atoms with Gasteiger partial charge >= 0.3 is 75.7 Å². The second-order valence-corrected chi connectivity index (χ2v) is 23.2. The molecule has 0 saturated heterocycles. The normalized spacial score (nSPS) is 10.4. The van der Waals surface area contributed by atoms with Crippen molar-refractivity contribution < 1.29 is 51.2 Å². The molecular formula is C48H76Cl4O2Zr2. The Balaban J connectivity index is 0. The van der Waals surface area contributed by atoms with Gasteiger partial charge in [-0.3, -0.25) is 0 Å². The zero-order valence-corrected chi connectivity index (χ0v) is 44.2. The average Bonchev–Trinajstić information content (AvgIpc) is 4.00. The minimum absolute atomic E-state index is 0.0231. The molecule has 316 valence electrons. The molecular weight excluding hydrogens is 933 g/mol. The van der Waals surface area contributed by atoms with Crippen molar-refractivity contribution in [3.05, 3.63) is 119 Å². The Morgan fingerprint density at radius 2 is 0.679 bits per heavy atom. The summed E-state index contributed by atoms with van der Waals surface area (Å²) in [5.74, 6) is 0. The molecule has 0 aliphatic rings. The van der Waals surface area contributed by atoms with Gasteiger partial charge in [-0.05, 0) is 54.4 Å². The van der Waals surface area contributed by atoms with Crippen molar-refractivity contribution in [2.75, 3.05) is 13.2 Å². The number of unbranched alkanes of at least 4 members (excludes halogenated alkanes) is 8. The van der Waals surface area contributed by atoms with Crippen LogP contribution in [0.4, 0.5) is 0 Å². The van der Waals surface area contributed by atoms with Crippen molar-refractivity contribution in [2.45, 2.75) is 169 Å². The van der Waals surface area contributed by atoms with Crippen LogP contribution in [-0.4, -0.2) is 24.4 Å². The molecule has 0 aromatic heterocycles. The molecule has 8 heteroatoms. The van der Waals surface area contributed by atoms with Crippen LogP contribution in [0.3, 0.4) is 0 Å². The first-order chi connectivity index (χ1) is 26.8. The molecule has 0 bridgehead atoms. The number of halogens is 4. The Bertz CT molecular complexity index is 1130. The third-order valence-corrected chi connectivity index (χ3v) is 8.35. The summed E-state index contributed by atoms with van der Waals surface area (Å²) in [5.41, 5.74) is 5.97. The summed E-state index contributed by atoms with van der Waals surface area (Å²) in [5, 5.41) is 0. The number of ether oxygens (including phenoxy) is 2. The van der Waals surface area contributed by atoms with Gasteiger partial charge in [0.2, 0.25) is 0 Å². The molecule has 2 nitrogen and oxygen atoms in total. The summed E-state index contributed by atoms with van der Waals surface area (Å²) in [4.78, 5) is 0. The Morgan fingerprint density at radius 1 is 0.429 bits per heavy atom. The predicted octanol–water partition coefficient (Wildman–Crippen LogP) is 16.9. The second-order valence-electron chi connectivity index (χ2n) is 15.8. The van der Waals surface area contributed by atoms with Gasteiger partial charge in [0.1, 0.15) is 0 Å². The molecule has 0 radical (unpaired) electrons. The maximum absolute atomic E-state index is 5.68. The van der Waals surface area contributed by atoms with E-state index in [9.17, 15) is 0 Å². The van der Waals surface area contributed by atoms with E-state index in [1.807, 2.05) is 0 Å². The zero-order chi connectivity index (χ0) is 42.2. The van der Waals surface area contributed by atoms with Gasteiger partial charge in [0, 0.05) is 13.2 Å². The van der Waals surface area contributed by atoms with E-state index in [-0.39, 0.29) is 11.2 Å². The molecule has 0 unspecified atom stereocenters. The molecule has 0 N–H and O–H groups in total. The van der Waals surface area contributed by atoms with E-state index in [2.05, 4.69) is 152 Å². The van der Waals surface area contributed by atoms with Crippen LogP contribution in [0.25, 0.3) is 0 Å². The van der Waals surface area contributed by atoms with Gasteiger partial charge in [-0.15, -0.1) is 0 Å². The van der Waals surface area contributed by atoms with Gasteiger partial charge in [-0.2, -0.15) is 70.8 Å².